The van der Waals surface area contributed by atoms with Gasteiger partial charge in [0.05, 0.1) is 10.5 Å². The largest absolute Gasteiger partial charge is 0.490 e. The lowest BCUT2D eigenvalue weighted by Gasteiger charge is -2.12. The van der Waals surface area contributed by atoms with Crippen LogP contribution in [0.15, 0.2) is 47.5 Å². The van der Waals surface area contributed by atoms with Gasteiger partial charge in [-0.1, -0.05) is 0 Å². The molecule has 0 N–H and O–H groups in total. The van der Waals surface area contributed by atoms with E-state index in [1.807, 2.05) is 0 Å². The lowest BCUT2D eigenvalue weighted by atomic mass is 10.3. The molecule has 0 spiro atoms. The molecule has 9 nitrogen and oxygen atoms in total. The summed E-state index contributed by atoms with van der Waals surface area (Å²) in [5, 5.41) is 7.90. The fourth-order valence-corrected chi connectivity index (χ4v) is 3.32. The second-order valence-electron chi connectivity index (χ2n) is 6.14. The van der Waals surface area contributed by atoms with Crippen LogP contribution in [0.3, 0.4) is 0 Å². The quantitative estimate of drug-likeness (QED) is 0.434. The first-order valence-corrected chi connectivity index (χ1v) is 9.87. The number of rotatable bonds is 7. The van der Waals surface area contributed by atoms with Crippen molar-refractivity contribution >= 4 is 21.6 Å². The summed E-state index contributed by atoms with van der Waals surface area (Å²) in [6.45, 7) is 1.98. The van der Waals surface area contributed by atoms with Crippen molar-refractivity contribution in [3.05, 3.63) is 54.0 Å². The van der Waals surface area contributed by atoms with Crippen LogP contribution in [0.5, 0.6) is 5.75 Å². The molecule has 0 radical (unpaired) electrons. The average Bonchev–Trinajstić information content (AvgIpc) is 3.05. The van der Waals surface area contributed by atoms with Gasteiger partial charge in [0.1, 0.15) is 24.8 Å². The van der Waals surface area contributed by atoms with Crippen LogP contribution in [-0.2, 0) is 14.8 Å². The number of esters is 1. The van der Waals surface area contributed by atoms with Gasteiger partial charge in [-0.2, -0.15) is 0 Å². The maximum absolute atomic E-state index is 12.1. The third-order valence-corrected chi connectivity index (χ3v) is 5.83. The van der Waals surface area contributed by atoms with Gasteiger partial charge in [-0.05, 0) is 43.3 Å². The van der Waals surface area contributed by atoms with E-state index in [2.05, 4.69) is 10.2 Å². The summed E-state index contributed by atoms with van der Waals surface area (Å²) in [7, 11) is -0.540. The molecule has 0 fully saturated rings. The van der Waals surface area contributed by atoms with Crippen LogP contribution in [0, 0.1) is 6.92 Å². The van der Waals surface area contributed by atoms with Crippen molar-refractivity contribution in [1.82, 2.24) is 18.9 Å². The molecule has 0 amide bonds. The van der Waals surface area contributed by atoms with Gasteiger partial charge in [0.25, 0.3) is 0 Å². The van der Waals surface area contributed by atoms with Gasteiger partial charge in [0.15, 0.2) is 5.65 Å². The number of nitrogens with zero attached hydrogens (tertiary/aromatic N) is 4. The number of ether oxygens (including phenoxy) is 2. The number of benzene rings is 1. The molecular weight excluding hydrogens is 384 g/mol. The number of pyridine rings is 1. The summed E-state index contributed by atoms with van der Waals surface area (Å²) >= 11 is 0. The predicted octanol–water partition coefficient (Wildman–Crippen LogP) is 1.52. The van der Waals surface area contributed by atoms with E-state index in [1.165, 1.54) is 26.2 Å². The number of carbonyl (C=O) groups is 1. The molecule has 28 heavy (non-hydrogen) atoms. The molecule has 0 atom stereocenters. The predicted molar refractivity (Wildman–Crippen MR) is 101 cm³/mol. The zero-order chi connectivity index (χ0) is 20.3. The number of fused-ring (bicyclic) bond motifs is 1. The van der Waals surface area contributed by atoms with Crippen LogP contribution in [0.4, 0.5) is 0 Å². The van der Waals surface area contributed by atoms with Gasteiger partial charge in [-0.25, -0.2) is 17.5 Å². The number of carbonyl (C=O) groups excluding carboxylic acids is 1. The molecule has 3 aromatic rings. The number of hydrogen-bond acceptors (Lipinski definition) is 7. The van der Waals surface area contributed by atoms with E-state index in [1.54, 1.807) is 41.8 Å². The van der Waals surface area contributed by atoms with Crippen LogP contribution < -0.4 is 4.74 Å². The molecule has 148 valence electrons. The second-order valence-corrected chi connectivity index (χ2v) is 8.29. The summed E-state index contributed by atoms with van der Waals surface area (Å²) in [4.78, 5) is 12.3. The van der Waals surface area contributed by atoms with Gasteiger partial charge >= 0.3 is 5.97 Å². The minimum absolute atomic E-state index is 0.0514. The maximum atomic E-state index is 12.1. The molecule has 0 aliphatic heterocycles. The maximum Gasteiger partial charge on any atom is 0.339 e. The van der Waals surface area contributed by atoms with E-state index in [0.717, 1.165) is 4.31 Å². The summed E-state index contributed by atoms with van der Waals surface area (Å²) in [5.74, 6) is 0.675. The van der Waals surface area contributed by atoms with E-state index >= 15 is 0 Å². The fourth-order valence-electron chi connectivity index (χ4n) is 2.42. The Hall–Kier alpha value is -2.98. The van der Waals surface area contributed by atoms with Crippen molar-refractivity contribution in [1.29, 1.82) is 0 Å². The van der Waals surface area contributed by atoms with Crippen molar-refractivity contribution in [3.8, 4) is 5.75 Å². The van der Waals surface area contributed by atoms with Crippen LogP contribution in [-0.4, -0.2) is 60.6 Å². The fraction of sp³-hybridized carbons (Fsp3) is 0.278. The summed E-state index contributed by atoms with van der Waals surface area (Å²) < 4.78 is 37.6. The number of hydrogen-bond donors (Lipinski definition) is 0. The SMILES string of the molecule is Cc1nnc2ccc(C(=O)OCCOc3ccc(S(=O)(=O)N(C)C)cc3)cn12. The molecule has 0 saturated carbocycles. The highest BCUT2D eigenvalue weighted by Gasteiger charge is 2.16. The lowest BCUT2D eigenvalue weighted by Crippen LogP contribution is -2.22. The topological polar surface area (TPSA) is 103 Å². The van der Waals surface area contributed by atoms with Gasteiger partial charge < -0.3 is 9.47 Å². The Morgan fingerprint density at radius 2 is 1.79 bits per heavy atom. The van der Waals surface area contributed by atoms with Crippen LogP contribution in [0.2, 0.25) is 0 Å². The Balaban J connectivity index is 1.52. The normalized spacial score (nSPS) is 11.7. The van der Waals surface area contributed by atoms with Crippen LogP contribution in [0.25, 0.3) is 5.65 Å². The molecule has 0 saturated heterocycles. The molecule has 0 aliphatic carbocycles. The highest BCUT2D eigenvalue weighted by Crippen LogP contribution is 2.18. The Kier molecular flexibility index (Phi) is 5.61. The minimum Gasteiger partial charge on any atom is -0.490 e. The highest BCUT2D eigenvalue weighted by atomic mass is 32.2. The molecule has 10 heteroatoms. The Morgan fingerprint density at radius 3 is 2.46 bits per heavy atom. The first kappa shape index (κ1) is 19.8. The van der Waals surface area contributed by atoms with Gasteiger partial charge in [0.2, 0.25) is 10.0 Å². The molecule has 0 aliphatic rings. The number of aryl methyl sites for hydroxylation is 1. The molecular formula is C18H20N4O5S. The van der Waals surface area contributed by atoms with Gasteiger partial charge in [0, 0.05) is 20.3 Å². The molecule has 0 bridgehead atoms. The van der Waals surface area contributed by atoms with Crippen molar-refractivity contribution < 1.29 is 22.7 Å². The molecule has 2 heterocycles. The third-order valence-electron chi connectivity index (χ3n) is 4.00. The standard InChI is InChI=1S/C18H20N4O5S/c1-13-19-20-17-9-4-14(12-22(13)17)18(23)27-11-10-26-15-5-7-16(8-6-15)28(24,25)21(2)3/h4-9,12H,10-11H2,1-3H3. The zero-order valence-electron chi connectivity index (χ0n) is 15.7. The van der Waals surface area contributed by atoms with E-state index in [-0.39, 0.29) is 18.1 Å². The number of aromatic nitrogens is 3. The molecule has 0 unspecified atom stereocenters. The van der Waals surface area contributed by atoms with Crippen molar-refractivity contribution in [2.24, 2.45) is 0 Å². The second kappa shape index (κ2) is 7.95. The Bertz CT molecular complexity index is 1090. The minimum atomic E-state index is -3.48. The molecule has 2 aromatic heterocycles. The van der Waals surface area contributed by atoms with Crippen molar-refractivity contribution in [2.45, 2.75) is 11.8 Å². The van der Waals surface area contributed by atoms with Crippen LogP contribution >= 0.6 is 0 Å². The zero-order valence-corrected chi connectivity index (χ0v) is 16.5. The summed E-state index contributed by atoms with van der Waals surface area (Å²) in [6.07, 6.45) is 1.62. The van der Waals surface area contributed by atoms with E-state index < -0.39 is 16.0 Å². The van der Waals surface area contributed by atoms with Crippen molar-refractivity contribution in [3.63, 3.8) is 0 Å². The van der Waals surface area contributed by atoms with Crippen LogP contribution in [0.1, 0.15) is 16.2 Å². The highest BCUT2D eigenvalue weighted by molar-refractivity contribution is 7.89. The smallest absolute Gasteiger partial charge is 0.339 e. The van der Waals surface area contributed by atoms with E-state index in [0.29, 0.717) is 22.8 Å². The average molecular weight is 404 g/mol. The monoisotopic (exact) mass is 404 g/mol. The lowest BCUT2D eigenvalue weighted by molar-refractivity contribution is 0.0450. The molecule has 1 aromatic carbocycles. The first-order chi connectivity index (χ1) is 13.3. The third kappa shape index (κ3) is 4.12. The summed E-state index contributed by atoms with van der Waals surface area (Å²) in [6, 6.07) is 9.36. The summed E-state index contributed by atoms with van der Waals surface area (Å²) in [5.41, 5.74) is 1.03. The van der Waals surface area contributed by atoms with Gasteiger partial charge in [-0.3, -0.25) is 4.40 Å². The Labute approximate surface area is 162 Å². The first-order valence-electron chi connectivity index (χ1n) is 8.43. The Morgan fingerprint density at radius 1 is 1.07 bits per heavy atom. The number of sulfonamides is 1. The van der Waals surface area contributed by atoms with Crippen molar-refractivity contribution in [2.75, 3.05) is 27.3 Å². The van der Waals surface area contributed by atoms with Gasteiger partial charge in [-0.15, -0.1) is 10.2 Å². The van der Waals surface area contributed by atoms with E-state index in [9.17, 15) is 13.2 Å². The molecule has 3 rings (SSSR count). The van der Waals surface area contributed by atoms with E-state index in [4.69, 9.17) is 9.47 Å².